The molecular formula is C22H26N2O2. The highest BCUT2D eigenvalue weighted by Gasteiger charge is 2.34. The molecule has 2 saturated heterocycles. The van der Waals surface area contributed by atoms with Crippen LogP contribution in [-0.4, -0.2) is 37.0 Å². The minimum atomic E-state index is -0.588. The summed E-state index contributed by atoms with van der Waals surface area (Å²) in [5.74, 6) is 2.22. The van der Waals surface area contributed by atoms with Crippen molar-refractivity contribution in [3.05, 3.63) is 66.2 Å². The number of para-hydroxylation sites is 1. The van der Waals surface area contributed by atoms with Gasteiger partial charge < -0.3 is 15.0 Å². The Labute approximate surface area is 155 Å². The Bertz CT molecular complexity index is 705. The fourth-order valence-electron chi connectivity index (χ4n) is 4.13. The maximum Gasteiger partial charge on any atom is 0.268 e. The molecule has 2 aromatic carbocycles. The topological polar surface area (TPSA) is 41.6 Å². The molecule has 0 bridgehead atoms. The minimum Gasteiger partial charge on any atom is -0.476 e. The number of amides is 1. The van der Waals surface area contributed by atoms with E-state index in [1.165, 1.54) is 0 Å². The van der Waals surface area contributed by atoms with Gasteiger partial charge in [-0.15, -0.1) is 0 Å². The summed E-state index contributed by atoms with van der Waals surface area (Å²) in [4.78, 5) is 15.4. The lowest BCUT2D eigenvalue weighted by Crippen LogP contribution is -2.38. The van der Waals surface area contributed by atoms with Crippen LogP contribution in [0.5, 0.6) is 5.75 Å². The molecule has 4 nitrogen and oxygen atoms in total. The maximum atomic E-state index is 13.4. The van der Waals surface area contributed by atoms with Gasteiger partial charge in [-0.2, -0.15) is 0 Å². The standard InChI is InChI=1S/C22H26N2O2/c25-22(24-13-11-18-15-23-16-19(18)12-14-24)21(17-7-3-1-4-8-17)26-20-9-5-2-6-10-20/h1-10,18-19,21,23H,11-16H2/t18-,19+,21?. The van der Waals surface area contributed by atoms with Crippen molar-refractivity contribution in [1.82, 2.24) is 10.2 Å². The van der Waals surface area contributed by atoms with E-state index < -0.39 is 6.10 Å². The van der Waals surface area contributed by atoms with Gasteiger partial charge in [0.1, 0.15) is 5.75 Å². The lowest BCUT2D eigenvalue weighted by atomic mass is 9.92. The molecule has 1 unspecified atom stereocenters. The van der Waals surface area contributed by atoms with Crippen LogP contribution in [0.15, 0.2) is 60.7 Å². The summed E-state index contributed by atoms with van der Waals surface area (Å²) < 4.78 is 6.15. The molecule has 2 aliphatic heterocycles. The highest BCUT2D eigenvalue weighted by atomic mass is 16.5. The molecule has 0 aliphatic carbocycles. The number of carbonyl (C=O) groups is 1. The number of carbonyl (C=O) groups excluding carboxylic acids is 1. The zero-order valence-electron chi connectivity index (χ0n) is 15.0. The third kappa shape index (κ3) is 3.75. The summed E-state index contributed by atoms with van der Waals surface area (Å²) in [6, 6.07) is 19.5. The predicted octanol–water partition coefficient (Wildman–Crippen LogP) is 3.26. The molecule has 2 aliphatic rings. The van der Waals surface area contributed by atoms with E-state index in [2.05, 4.69) is 5.32 Å². The number of hydrogen-bond donors (Lipinski definition) is 1. The van der Waals surface area contributed by atoms with Crippen LogP contribution in [-0.2, 0) is 4.79 Å². The van der Waals surface area contributed by atoms with Crippen LogP contribution >= 0.6 is 0 Å². The number of ether oxygens (including phenoxy) is 1. The zero-order chi connectivity index (χ0) is 17.8. The fraction of sp³-hybridized carbons (Fsp3) is 0.409. The SMILES string of the molecule is O=C(C(Oc1ccccc1)c1ccccc1)N1CC[C@@H]2CNC[C@@H]2CC1. The lowest BCUT2D eigenvalue weighted by Gasteiger charge is -2.27. The molecule has 2 aromatic rings. The summed E-state index contributed by atoms with van der Waals surface area (Å²) >= 11 is 0. The molecule has 2 fully saturated rings. The van der Waals surface area contributed by atoms with E-state index in [-0.39, 0.29) is 5.91 Å². The molecule has 4 rings (SSSR count). The number of fused-ring (bicyclic) bond motifs is 1. The summed E-state index contributed by atoms with van der Waals surface area (Å²) in [5.41, 5.74) is 0.910. The molecule has 4 heteroatoms. The normalized spacial score (nSPS) is 23.8. The van der Waals surface area contributed by atoms with Gasteiger partial charge in [0, 0.05) is 18.7 Å². The third-order valence-electron chi connectivity index (χ3n) is 5.65. The van der Waals surface area contributed by atoms with Crippen LogP contribution in [0.1, 0.15) is 24.5 Å². The van der Waals surface area contributed by atoms with E-state index >= 15 is 0 Å². The second-order valence-corrected chi connectivity index (χ2v) is 7.30. The monoisotopic (exact) mass is 350 g/mol. The highest BCUT2D eigenvalue weighted by Crippen LogP contribution is 2.30. The van der Waals surface area contributed by atoms with Crippen molar-refractivity contribution in [2.75, 3.05) is 26.2 Å². The Balaban J connectivity index is 1.54. The summed E-state index contributed by atoms with van der Waals surface area (Å²) in [5, 5.41) is 3.49. The highest BCUT2D eigenvalue weighted by molar-refractivity contribution is 5.82. The average molecular weight is 350 g/mol. The van der Waals surface area contributed by atoms with E-state index in [9.17, 15) is 4.79 Å². The molecule has 0 radical (unpaired) electrons. The zero-order valence-corrected chi connectivity index (χ0v) is 15.0. The molecule has 2 heterocycles. The van der Waals surface area contributed by atoms with Gasteiger partial charge in [-0.1, -0.05) is 48.5 Å². The van der Waals surface area contributed by atoms with Crippen molar-refractivity contribution in [2.45, 2.75) is 18.9 Å². The largest absolute Gasteiger partial charge is 0.476 e. The molecule has 0 spiro atoms. The van der Waals surface area contributed by atoms with Crippen LogP contribution < -0.4 is 10.1 Å². The number of rotatable bonds is 4. The lowest BCUT2D eigenvalue weighted by molar-refractivity contribution is -0.139. The van der Waals surface area contributed by atoms with Crippen LogP contribution in [0.25, 0.3) is 0 Å². The summed E-state index contributed by atoms with van der Waals surface area (Å²) in [6.07, 6.45) is 1.57. The molecule has 136 valence electrons. The van der Waals surface area contributed by atoms with Gasteiger partial charge in [0.05, 0.1) is 0 Å². The van der Waals surface area contributed by atoms with Gasteiger partial charge in [0.2, 0.25) is 6.10 Å². The first kappa shape index (κ1) is 17.1. The van der Waals surface area contributed by atoms with Gasteiger partial charge >= 0.3 is 0 Å². The average Bonchev–Trinajstić information content (AvgIpc) is 3.05. The van der Waals surface area contributed by atoms with Gasteiger partial charge in [0.15, 0.2) is 0 Å². The Morgan fingerprint density at radius 2 is 1.50 bits per heavy atom. The Hall–Kier alpha value is -2.33. The van der Waals surface area contributed by atoms with Gasteiger partial charge in [-0.25, -0.2) is 0 Å². The van der Waals surface area contributed by atoms with Crippen LogP contribution in [0.4, 0.5) is 0 Å². The van der Waals surface area contributed by atoms with E-state index in [0.717, 1.165) is 50.3 Å². The number of likely N-dealkylation sites (tertiary alicyclic amines) is 1. The van der Waals surface area contributed by atoms with Crippen LogP contribution in [0, 0.1) is 11.8 Å². The van der Waals surface area contributed by atoms with E-state index in [1.807, 2.05) is 65.6 Å². The second-order valence-electron chi connectivity index (χ2n) is 7.30. The van der Waals surface area contributed by atoms with Crippen molar-refractivity contribution in [3.63, 3.8) is 0 Å². The van der Waals surface area contributed by atoms with Crippen LogP contribution in [0.2, 0.25) is 0 Å². The first-order valence-electron chi connectivity index (χ1n) is 9.57. The molecular weight excluding hydrogens is 324 g/mol. The summed E-state index contributed by atoms with van der Waals surface area (Å²) in [6.45, 7) is 3.83. The van der Waals surface area contributed by atoms with Crippen molar-refractivity contribution in [2.24, 2.45) is 11.8 Å². The predicted molar refractivity (Wildman–Crippen MR) is 102 cm³/mol. The van der Waals surface area contributed by atoms with Gasteiger partial charge in [-0.05, 0) is 49.9 Å². The Morgan fingerprint density at radius 1 is 0.923 bits per heavy atom. The fourth-order valence-corrected chi connectivity index (χ4v) is 4.13. The van der Waals surface area contributed by atoms with Gasteiger partial charge in [-0.3, -0.25) is 4.79 Å². The molecule has 3 atom stereocenters. The molecule has 26 heavy (non-hydrogen) atoms. The van der Waals surface area contributed by atoms with E-state index in [0.29, 0.717) is 11.8 Å². The van der Waals surface area contributed by atoms with E-state index in [1.54, 1.807) is 0 Å². The number of benzene rings is 2. The molecule has 1 amide bonds. The number of hydrogen-bond acceptors (Lipinski definition) is 3. The van der Waals surface area contributed by atoms with Crippen molar-refractivity contribution in [1.29, 1.82) is 0 Å². The first-order valence-corrected chi connectivity index (χ1v) is 9.57. The van der Waals surface area contributed by atoms with E-state index in [4.69, 9.17) is 4.74 Å². The molecule has 0 saturated carbocycles. The third-order valence-corrected chi connectivity index (χ3v) is 5.65. The van der Waals surface area contributed by atoms with Crippen LogP contribution in [0.3, 0.4) is 0 Å². The smallest absolute Gasteiger partial charge is 0.268 e. The van der Waals surface area contributed by atoms with Crippen molar-refractivity contribution < 1.29 is 9.53 Å². The Kier molecular flexibility index (Phi) is 5.21. The second kappa shape index (κ2) is 7.92. The van der Waals surface area contributed by atoms with Crippen molar-refractivity contribution in [3.8, 4) is 5.75 Å². The van der Waals surface area contributed by atoms with Gasteiger partial charge in [0.25, 0.3) is 5.91 Å². The van der Waals surface area contributed by atoms with Crippen molar-refractivity contribution >= 4 is 5.91 Å². The number of nitrogens with zero attached hydrogens (tertiary/aromatic N) is 1. The maximum absolute atomic E-state index is 13.4. The summed E-state index contributed by atoms with van der Waals surface area (Å²) in [7, 11) is 0. The first-order chi connectivity index (χ1) is 12.8. The quantitative estimate of drug-likeness (QED) is 0.920. The Morgan fingerprint density at radius 3 is 2.12 bits per heavy atom. The number of nitrogens with one attached hydrogen (secondary N) is 1. The molecule has 1 N–H and O–H groups in total. The molecule has 0 aromatic heterocycles. The minimum absolute atomic E-state index is 0.0768.